The number of benzene rings is 1. The van der Waals surface area contributed by atoms with Crippen molar-refractivity contribution in [3.63, 3.8) is 0 Å². The van der Waals surface area contributed by atoms with Gasteiger partial charge in [-0.2, -0.15) is 0 Å². The fourth-order valence-electron chi connectivity index (χ4n) is 2.94. The highest BCUT2D eigenvalue weighted by Crippen LogP contribution is 2.37. The van der Waals surface area contributed by atoms with Crippen LogP contribution in [0, 0.1) is 0 Å². The summed E-state index contributed by atoms with van der Waals surface area (Å²) in [6.45, 7) is 1.24. The number of hydrogen-bond donors (Lipinski definition) is 1. The summed E-state index contributed by atoms with van der Waals surface area (Å²) < 4.78 is 2.38. The van der Waals surface area contributed by atoms with Crippen LogP contribution in [0.25, 0.3) is 10.1 Å². The Balaban J connectivity index is 1.53. The van der Waals surface area contributed by atoms with Crippen molar-refractivity contribution in [2.24, 2.45) is 0 Å². The number of anilines is 2. The number of thiophene rings is 1. The predicted octanol–water partition coefficient (Wildman–Crippen LogP) is 4.06. The minimum atomic E-state index is -0.0155. The Kier molecular flexibility index (Phi) is 3.79. The van der Waals surface area contributed by atoms with Crippen LogP contribution in [0.15, 0.2) is 46.5 Å². The van der Waals surface area contributed by atoms with Crippen LogP contribution in [0.1, 0.15) is 5.56 Å². The van der Waals surface area contributed by atoms with Crippen LogP contribution in [0.5, 0.6) is 0 Å². The molecule has 4 nitrogen and oxygen atoms in total. The number of hydrogen-bond acceptors (Lipinski definition) is 4. The average Bonchev–Trinajstić information content (AvgIpc) is 3.08. The number of fused-ring (bicyclic) bond motifs is 2. The van der Waals surface area contributed by atoms with Gasteiger partial charge in [-0.25, -0.2) is 0 Å². The Labute approximate surface area is 146 Å². The van der Waals surface area contributed by atoms with Gasteiger partial charge in [-0.05, 0) is 63.6 Å². The molecule has 2 aromatic heterocycles. The zero-order chi connectivity index (χ0) is 15.8. The second kappa shape index (κ2) is 5.94. The van der Waals surface area contributed by atoms with Gasteiger partial charge in [-0.1, -0.05) is 0 Å². The quantitative estimate of drug-likeness (QED) is 0.736. The number of carbonyl (C=O) groups is 1. The molecule has 0 unspecified atom stereocenters. The third kappa shape index (κ3) is 2.96. The number of carbonyl (C=O) groups excluding carboxylic acids is 1. The first-order valence-corrected chi connectivity index (χ1v) is 8.97. The fourth-order valence-corrected chi connectivity index (χ4v) is 4.51. The minimum Gasteiger partial charge on any atom is -0.362 e. The molecule has 1 N–H and O–H groups in total. The van der Waals surface area contributed by atoms with Crippen molar-refractivity contribution in [3.8, 4) is 0 Å². The first-order chi connectivity index (χ1) is 11.2. The molecule has 0 fully saturated rings. The molecule has 4 rings (SSSR count). The van der Waals surface area contributed by atoms with Gasteiger partial charge in [0.05, 0.1) is 22.2 Å². The average molecular weight is 388 g/mol. The van der Waals surface area contributed by atoms with Gasteiger partial charge in [-0.15, -0.1) is 11.3 Å². The second-order valence-corrected chi connectivity index (χ2v) is 7.99. The van der Waals surface area contributed by atoms with Crippen LogP contribution < -0.4 is 10.2 Å². The van der Waals surface area contributed by atoms with Gasteiger partial charge in [0.15, 0.2) is 0 Å². The molecule has 0 radical (unpaired) electrons. The minimum absolute atomic E-state index is 0.0155. The third-order valence-corrected chi connectivity index (χ3v) is 5.56. The molecule has 3 heterocycles. The summed E-state index contributed by atoms with van der Waals surface area (Å²) in [6, 6.07) is 10.2. The predicted molar refractivity (Wildman–Crippen MR) is 98.3 cm³/mol. The summed E-state index contributed by atoms with van der Waals surface area (Å²) in [7, 11) is 0. The number of nitrogens with zero attached hydrogens (tertiary/aromatic N) is 2. The summed E-state index contributed by atoms with van der Waals surface area (Å²) in [5.74, 6) is -0.0155. The normalized spacial score (nSPS) is 13.3. The summed E-state index contributed by atoms with van der Waals surface area (Å²) in [6.07, 6.45) is 4.33. The summed E-state index contributed by atoms with van der Waals surface area (Å²) >= 11 is 5.26. The van der Waals surface area contributed by atoms with Crippen LogP contribution >= 0.6 is 27.3 Å². The summed E-state index contributed by atoms with van der Waals surface area (Å²) in [4.78, 5) is 18.4. The van der Waals surface area contributed by atoms with Crippen LogP contribution in [0.3, 0.4) is 0 Å². The van der Waals surface area contributed by atoms with Crippen molar-refractivity contribution in [2.45, 2.75) is 6.42 Å². The molecule has 1 aromatic carbocycles. The van der Waals surface area contributed by atoms with E-state index in [-0.39, 0.29) is 5.91 Å². The second-order valence-electron chi connectivity index (χ2n) is 5.53. The van der Waals surface area contributed by atoms with Gasteiger partial charge in [0.25, 0.3) is 0 Å². The van der Waals surface area contributed by atoms with Gasteiger partial charge >= 0.3 is 0 Å². The smallest absolute Gasteiger partial charge is 0.243 e. The van der Waals surface area contributed by atoms with Crippen LogP contribution in [-0.2, 0) is 11.2 Å². The molecule has 1 amide bonds. The van der Waals surface area contributed by atoms with E-state index < -0.39 is 0 Å². The van der Waals surface area contributed by atoms with E-state index in [9.17, 15) is 4.79 Å². The Morgan fingerprint density at radius 3 is 3.13 bits per heavy atom. The van der Waals surface area contributed by atoms with Gasteiger partial charge in [-0.3, -0.25) is 9.78 Å². The zero-order valence-corrected chi connectivity index (χ0v) is 14.7. The summed E-state index contributed by atoms with van der Waals surface area (Å²) in [5, 5.41) is 4.16. The number of pyridine rings is 1. The molecule has 0 saturated heterocycles. The lowest BCUT2D eigenvalue weighted by molar-refractivity contribution is -0.115. The van der Waals surface area contributed by atoms with Gasteiger partial charge in [0, 0.05) is 23.1 Å². The van der Waals surface area contributed by atoms with E-state index in [1.54, 1.807) is 23.7 Å². The van der Waals surface area contributed by atoms with Gasteiger partial charge < -0.3 is 10.2 Å². The molecule has 0 aliphatic carbocycles. The van der Waals surface area contributed by atoms with E-state index in [0.29, 0.717) is 6.54 Å². The third-order valence-electron chi connectivity index (χ3n) is 3.96. The van der Waals surface area contributed by atoms with E-state index in [1.165, 1.54) is 21.3 Å². The molecule has 0 saturated carbocycles. The maximum Gasteiger partial charge on any atom is 0.243 e. The molecule has 6 heteroatoms. The molecule has 23 heavy (non-hydrogen) atoms. The zero-order valence-electron chi connectivity index (χ0n) is 12.3. The Hall–Kier alpha value is -1.92. The SMILES string of the molecule is O=C(CN1CCc2cc3cc(Br)sc3cc21)Nc1cccnc1. The summed E-state index contributed by atoms with van der Waals surface area (Å²) in [5.41, 5.74) is 3.22. The lowest BCUT2D eigenvalue weighted by Crippen LogP contribution is -2.31. The van der Waals surface area contributed by atoms with Crippen LogP contribution in [0.2, 0.25) is 0 Å². The van der Waals surface area contributed by atoms with Crippen molar-refractivity contribution in [2.75, 3.05) is 23.3 Å². The lowest BCUT2D eigenvalue weighted by Gasteiger charge is -2.18. The van der Waals surface area contributed by atoms with Crippen LogP contribution in [-0.4, -0.2) is 24.0 Å². The number of rotatable bonds is 3. The standard InChI is InChI=1S/C17H14BrN3OS/c18-16-7-12-6-11-3-5-21(14(11)8-15(12)23-16)10-17(22)20-13-2-1-4-19-9-13/h1-2,4,6-9H,3,5,10H2,(H,20,22). The van der Waals surface area contributed by atoms with Crippen molar-refractivity contribution in [1.29, 1.82) is 0 Å². The number of aromatic nitrogens is 1. The lowest BCUT2D eigenvalue weighted by atomic mass is 10.1. The maximum absolute atomic E-state index is 12.3. The van der Waals surface area contributed by atoms with E-state index >= 15 is 0 Å². The molecule has 0 atom stereocenters. The molecule has 1 aliphatic heterocycles. The molecular formula is C17H14BrN3OS. The molecule has 116 valence electrons. The Morgan fingerprint density at radius 1 is 1.39 bits per heavy atom. The van der Waals surface area contributed by atoms with Gasteiger partial charge in [0.1, 0.15) is 0 Å². The molecule has 0 spiro atoms. The highest BCUT2D eigenvalue weighted by Gasteiger charge is 2.22. The largest absolute Gasteiger partial charge is 0.362 e. The van der Waals surface area contributed by atoms with E-state index in [2.05, 4.69) is 49.3 Å². The van der Waals surface area contributed by atoms with E-state index in [0.717, 1.165) is 22.4 Å². The van der Waals surface area contributed by atoms with Crippen molar-refractivity contribution in [3.05, 3.63) is 52.1 Å². The molecular weight excluding hydrogens is 374 g/mol. The highest BCUT2D eigenvalue weighted by molar-refractivity contribution is 9.11. The maximum atomic E-state index is 12.3. The fraction of sp³-hybridized carbons (Fsp3) is 0.176. The number of nitrogens with one attached hydrogen (secondary N) is 1. The molecule has 0 bridgehead atoms. The molecule has 3 aromatic rings. The van der Waals surface area contributed by atoms with Crippen molar-refractivity contribution >= 4 is 54.6 Å². The first-order valence-electron chi connectivity index (χ1n) is 7.36. The monoisotopic (exact) mass is 387 g/mol. The van der Waals surface area contributed by atoms with E-state index in [4.69, 9.17) is 0 Å². The number of amides is 1. The highest BCUT2D eigenvalue weighted by atomic mass is 79.9. The first kappa shape index (κ1) is 14.7. The topological polar surface area (TPSA) is 45.2 Å². The Bertz CT molecular complexity index is 878. The van der Waals surface area contributed by atoms with Crippen molar-refractivity contribution in [1.82, 2.24) is 4.98 Å². The van der Waals surface area contributed by atoms with E-state index in [1.807, 2.05) is 12.1 Å². The van der Waals surface area contributed by atoms with Crippen LogP contribution in [0.4, 0.5) is 11.4 Å². The number of halogens is 1. The van der Waals surface area contributed by atoms with Gasteiger partial charge in [0.2, 0.25) is 5.91 Å². The molecule has 1 aliphatic rings. The Morgan fingerprint density at radius 2 is 2.30 bits per heavy atom. The van der Waals surface area contributed by atoms with Crippen molar-refractivity contribution < 1.29 is 4.79 Å².